The fourth-order valence-corrected chi connectivity index (χ4v) is 5.06. The number of sulfone groups is 1. The molecule has 1 amide bonds. The van der Waals surface area contributed by atoms with E-state index >= 15 is 0 Å². The smallest absolute Gasteiger partial charge is 0.233 e. The highest BCUT2D eigenvalue weighted by molar-refractivity contribution is 7.92. The summed E-state index contributed by atoms with van der Waals surface area (Å²) in [6.45, 7) is 4.36. The van der Waals surface area contributed by atoms with Crippen molar-refractivity contribution in [3.63, 3.8) is 0 Å². The van der Waals surface area contributed by atoms with Crippen LogP contribution in [-0.2, 0) is 21.1 Å². The molecule has 0 aliphatic carbocycles. The Morgan fingerprint density at radius 1 is 1.09 bits per heavy atom. The third-order valence-corrected chi connectivity index (χ3v) is 8.08. The molecule has 0 saturated carbocycles. The topological polar surface area (TPSA) is 70.6 Å². The number of likely N-dealkylation sites (N-methyl/N-ethyl adjacent to an activating group) is 1. The average Bonchev–Trinajstić information content (AvgIpc) is 3.10. The maximum Gasteiger partial charge on any atom is 0.233 e. The fraction of sp³-hybridized carbons (Fsp3) is 0.364. The molecule has 0 aliphatic rings. The van der Waals surface area contributed by atoms with Gasteiger partial charge in [0.2, 0.25) is 5.91 Å². The first kappa shape index (κ1) is 26.2. The summed E-state index contributed by atoms with van der Waals surface area (Å²) in [7, 11) is 0.484. The van der Waals surface area contributed by atoms with E-state index in [9.17, 15) is 17.6 Å². The molecule has 0 N–H and O–H groups in total. The summed E-state index contributed by atoms with van der Waals surface area (Å²) < 4.78 is 38.9. The molecular formula is C22H27ClFN3O3S2. The summed E-state index contributed by atoms with van der Waals surface area (Å²) in [5.41, 5.74) is 1.36. The zero-order chi connectivity index (χ0) is 22.8. The molecule has 1 heterocycles. The number of thiazole rings is 1. The maximum atomic E-state index is 13.6. The molecule has 32 heavy (non-hydrogen) atoms. The Labute approximate surface area is 198 Å². The molecule has 0 radical (unpaired) electrons. The lowest BCUT2D eigenvalue weighted by atomic mass is 10.1. The molecule has 2 aromatic carbocycles. The van der Waals surface area contributed by atoms with Crippen molar-refractivity contribution in [1.29, 1.82) is 0 Å². The molecule has 6 nitrogen and oxygen atoms in total. The molecular weight excluding hydrogens is 473 g/mol. The Balaban J connectivity index is 0.00000363. The van der Waals surface area contributed by atoms with Gasteiger partial charge in [0.1, 0.15) is 5.82 Å². The first-order valence-corrected chi connectivity index (χ1v) is 12.3. The Morgan fingerprint density at radius 2 is 1.75 bits per heavy atom. The lowest BCUT2D eigenvalue weighted by molar-refractivity contribution is -0.118. The largest absolute Gasteiger partial charge is 0.308 e. The standard InChI is InChI=1S/C22H26FN3O3S2.ClH/c1-15(2)31(28,29)18-8-5-16(6-9-18)13-21(27)26(12-11-25(3)4)22-24-19-10-7-17(23)14-20(19)30-22;/h5-10,14-15H,11-13H2,1-4H3;1H. The summed E-state index contributed by atoms with van der Waals surface area (Å²) in [6.07, 6.45) is 0.111. The van der Waals surface area contributed by atoms with Crippen molar-refractivity contribution in [3.8, 4) is 0 Å². The van der Waals surface area contributed by atoms with Crippen LogP contribution in [0.3, 0.4) is 0 Å². The van der Waals surface area contributed by atoms with E-state index in [0.717, 1.165) is 5.56 Å². The molecule has 1 aromatic heterocycles. The van der Waals surface area contributed by atoms with E-state index in [4.69, 9.17) is 0 Å². The van der Waals surface area contributed by atoms with Gasteiger partial charge in [0.05, 0.1) is 26.8 Å². The minimum atomic E-state index is -3.36. The van der Waals surface area contributed by atoms with Gasteiger partial charge < -0.3 is 4.90 Å². The van der Waals surface area contributed by atoms with Crippen molar-refractivity contribution in [2.75, 3.05) is 32.1 Å². The summed E-state index contributed by atoms with van der Waals surface area (Å²) >= 11 is 1.28. The van der Waals surface area contributed by atoms with Gasteiger partial charge in [-0.25, -0.2) is 17.8 Å². The van der Waals surface area contributed by atoms with E-state index in [0.29, 0.717) is 28.4 Å². The number of carbonyl (C=O) groups is 1. The van der Waals surface area contributed by atoms with Gasteiger partial charge in [-0.1, -0.05) is 23.5 Å². The highest BCUT2D eigenvalue weighted by Gasteiger charge is 2.22. The molecule has 0 spiro atoms. The van der Waals surface area contributed by atoms with Crippen LogP contribution in [-0.4, -0.2) is 56.6 Å². The van der Waals surface area contributed by atoms with Crippen LogP contribution < -0.4 is 4.90 Å². The Hall–Kier alpha value is -2.07. The Bertz CT molecular complexity index is 1180. The van der Waals surface area contributed by atoms with Gasteiger partial charge >= 0.3 is 0 Å². The van der Waals surface area contributed by atoms with Gasteiger partial charge in [-0.3, -0.25) is 9.69 Å². The second-order valence-corrected chi connectivity index (χ2v) is 11.4. The number of anilines is 1. The molecule has 0 unspecified atom stereocenters. The molecule has 174 valence electrons. The highest BCUT2D eigenvalue weighted by Crippen LogP contribution is 2.30. The van der Waals surface area contributed by atoms with E-state index in [-0.39, 0.29) is 35.4 Å². The maximum absolute atomic E-state index is 13.6. The zero-order valence-corrected chi connectivity index (χ0v) is 20.9. The Morgan fingerprint density at radius 3 is 2.34 bits per heavy atom. The van der Waals surface area contributed by atoms with Crippen molar-refractivity contribution >= 4 is 54.8 Å². The van der Waals surface area contributed by atoms with Crippen molar-refractivity contribution in [2.45, 2.75) is 30.4 Å². The van der Waals surface area contributed by atoms with Gasteiger partial charge in [0, 0.05) is 13.1 Å². The van der Waals surface area contributed by atoms with Crippen molar-refractivity contribution < 1.29 is 17.6 Å². The molecule has 10 heteroatoms. The monoisotopic (exact) mass is 499 g/mol. The number of halogens is 2. The number of amides is 1. The minimum absolute atomic E-state index is 0. The fourth-order valence-electron chi connectivity index (χ4n) is 2.97. The summed E-state index contributed by atoms with van der Waals surface area (Å²) in [5, 5.41) is 0.0110. The van der Waals surface area contributed by atoms with Crippen molar-refractivity contribution in [3.05, 3.63) is 53.8 Å². The lowest BCUT2D eigenvalue weighted by Crippen LogP contribution is -2.37. The second kappa shape index (κ2) is 10.7. The lowest BCUT2D eigenvalue weighted by Gasteiger charge is -2.22. The van der Waals surface area contributed by atoms with Crippen molar-refractivity contribution in [2.24, 2.45) is 0 Å². The summed E-state index contributed by atoms with van der Waals surface area (Å²) in [4.78, 5) is 21.5. The number of hydrogen-bond donors (Lipinski definition) is 0. The second-order valence-electron chi connectivity index (χ2n) is 7.87. The average molecular weight is 500 g/mol. The van der Waals surface area contributed by atoms with Gasteiger partial charge in [-0.05, 0) is 63.8 Å². The highest BCUT2D eigenvalue weighted by atomic mass is 35.5. The SMILES string of the molecule is CC(C)S(=O)(=O)c1ccc(CC(=O)N(CCN(C)C)c2nc3ccc(F)cc3s2)cc1.Cl. The summed E-state index contributed by atoms with van der Waals surface area (Å²) in [6, 6.07) is 10.8. The van der Waals surface area contributed by atoms with Gasteiger partial charge in [0.15, 0.2) is 15.0 Å². The number of nitrogens with zero attached hydrogens (tertiary/aromatic N) is 3. The van der Waals surface area contributed by atoms with Gasteiger partial charge in [0.25, 0.3) is 0 Å². The van der Waals surface area contributed by atoms with E-state index in [1.54, 1.807) is 49.1 Å². The minimum Gasteiger partial charge on any atom is -0.308 e. The Kier molecular flexibility index (Phi) is 8.75. The number of carbonyl (C=O) groups excluding carboxylic acids is 1. The predicted molar refractivity (Wildman–Crippen MR) is 130 cm³/mol. The molecule has 0 bridgehead atoms. The van der Waals surface area contributed by atoms with E-state index in [1.807, 2.05) is 19.0 Å². The molecule has 0 saturated heterocycles. The van der Waals surface area contributed by atoms with E-state index < -0.39 is 15.1 Å². The van der Waals surface area contributed by atoms with Crippen LogP contribution in [0.5, 0.6) is 0 Å². The molecule has 0 aliphatic heterocycles. The van der Waals surface area contributed by atoms with Crippen LogP contribution in [0.25, 0.3) is 10.2 Å². The first-order chi connectivity index (χ1) is 14.6. The quantitative estimate of drug-likeness (QED) is 0.465. The number of benzene rings is 2. The van der Waals surface area contributed by atoms with Crippen LogP contribution in [0.1, 0.15) is 19.4 Å². The number of aromatic nitrogens is 1. The van der Waals surface area contributed by atoms with Crippen LogP contribution >= 0.6 is 23.7 Å². The van der Waals surface area contributed by atoms with E-state index in [2.05, 4.69) is 4.98 Å². The molecule has 0 fully saturated rings. The van der Waals surface area contributed by atoms with Gasteiger partial charge in [-0.2, -0.15) is 0 Å². The molecule has 3 aromatic rings. The first-order valence-electron chi connectivity index (χ1n) is 9.92. The third kappa shape index (κ3) is 6.04. The van der Waals surface area contributed by atoms with Gasteiger partial charge in [-0.15, -0.1) is 12.4 Å². The van der Waals surface area contributed by atoms with Crippen LogP contribution in [0.2, 0.25) is 0 Å². The van der Waals surface area contributed by atoms with Crippen LogP contribution in [0, 0.1) is 5.82 Å². The van der Waals surface area contributed by atoms with Crippen molar-refractivity contribution in [1.82, 2.24) is 9.88 Å². The number of hydrogen-bond acceptors (Lipinski definition) is 6. The number of rotatable bonds is 8. The van der Waals surface area contributed by atoms with E-state index in [1.165, 1.54) is 23.5 Å². The molecule has 0 atom stereocenters. The third-order valence-electron chi connectivity index (χ3n) is 4.87. The normalized spacial score (nSPS) is 11.7. The van der Waals surface area contributed by atoms with Crippen LogP contribution in [0.15, 0.2) is 47.4 Å². The number of fused-ring (bicyclic) bond motifs is 1. The van der Waals surface area contributed by atoms with Crippen LogP contribution in [0.4, 0.5) is 9.52 Å². The zero-order valence-electron chi connectivity index (χ0n) is 18.4. The predicted octanol–water partition coefficient (Wildman–Crippen LogP) is 4.18. The molecule has 3 rings (SSSR count). The summed E-state index contributed by atoms with van der Waals surface area (Å²) in [5.74, 6) is -0.494.